The molecule has 0 bridgehead atoms. The van der Waals surface area contributed by atoms with Crippen molar-refractivity contribution in [3.63, 3.8) is 0 Å². The summed E-state index contributed by atoms with van der Waals surface area (Å²) in [5, 5.41) is 0. The molecule has 1 fully saturated rings. The molecule has 0 aromatic rings. The summed E-state index contributed by atoms with van der Waals surface area (Å²) in [6.07, 6.45) is 7.22. The summed E-state index contributed by atoms with van der Waals surface area (Å²) >= 11 is 0. The highest BCUT2D eigenvalue weighted by atomic mass is 31.2. The number of likely N-dealkylation sites (tertiary alicyclic amines) is 1. The summed E-state index contributed by atoms with van der Waals surface area (Å²) in [5.74, 6) is 0. The summed E-state index contributed by atoms with van der Waals surface area (Å²) in [6.45, 7) is 8.25. The van der Waals surface area contributed by atoms with Gasteiger partial charge in [-0.3, -0.25) is 4.57 Å². The van der Waals surface area contributed by atoms with Gasteiger partial charge < -0.3 is 13.9 Å². The highest BCUT2D eigenvalue weighted by molar-refractivity contribution is 7.52. The van der Waals surface area contributed by atoms with Crippen LogP contribution in [0.25, 0.3) is 0 Å². The van der Waals surface area contributed by atoms with Gasteiger partial charge in [0, 0.05) is 6.66 Å². The Labute approximate surface area is 112 Å². The summed E-state index contributed by atoms with van der Waals surface area (Å²) < 4.78 is 22.7. The lowest BCUT2D eigenvalue weighted by Crippen LogP contribution is -3.13. The molecule has 0 spiro atoms. The molecule has 0 aliphatic carbocycles. The van der Waals surface area contributed by atoms with E-state index >= 15 is 0 Å². The summed E-state index contributed by atoms with van der Waals surface area (Å²) in [6, 6.07) is 0. The third-order valence-electron chi connectivity index (χ3n) is 3.42. The Bertz CT molecular complexity index is 255. The highest BCUT2D eigenvalue weighted by Gasteiger charge is 2.19. The monoisotopic (exact) mass is 278 g/mol. The lowest BCUT2D eigenvalue weighted by atomic mass is 10.1. The van der Waals surface area contributed by atoms with Gasteiger partial charge >= 0.3 is 7.60 Å². The van der Waals surface area contributed by atoms with Gasteiger partial charge in [0.1, 0.15) is 13.2 Å². The number of quaternary nitrogens is 1. The van der Waals surface area contributed by atoms with Gasteiger partial charge in [-0.25, -0.2) is 0 Å². The van der Waals surface area contributed by atoms with Crippen LogP contribution in [-0.2, 0) is 13.6 Å². The number of piperidine rings is 1. The van der Waals surface area contributed by atoms with Gasteiger partial charge in [-0.2, -0.15) is 0 Å². The predicted octanol–water partition coefficient (Wildman–Crippen LogP) is 2.10. The molecule has 1 rings (SSSR count). The van der Waals surface area contributed by atoms with E-state index in [0.717, 1.165) is 25.8 Å². The van der Waals surface area contributed by atoms with Gasteiger partial charge in [-0.05, 0) is 25.7 Å². The van der Waals surface area contributed by atoms with Gasteiger partial charge in [0.15, 0.2) is 0 Å². The van der Waals surface area contributed by atoms with Crippen LogP contribution in [0.2, 0.25) is 0 Å². The molecule has 0 radical (unpaired) electrons. The van der Waals surface area contributed by atoms with Crippen molar-refractivity contribution in [3.05, 3.63) is 0 Å². The average Bonchev–Trinajstić information content (AvgIpc) is 2.36. The zero-order valence-corrected chi connectivity index (χ0v) is 12.8. The third kappa shape index (κ3) is 7.52. The van der Waals surface area contributed by atoms with Crippen LogP contribution in [-0.4, -0.2) is 39.5 Å². The van der Waals surface area contributed by atoms with E-state index in [4.69, 9.17) is 9.05 Å². The summed E-state index contributed by atoms with van der Waals surface area (Å²) in [7, 11) is -2.81. The van der Waals surface area contributed by atoms with E-state index < -0.39 is 7.60 Å². The van der Waals surface area contributed by atoms with E-state index in [9.17, 15) is 4.57 Å². The van der Waals surface area contributed by atoms with Crippen LogP contribution in [0, 0.1) is 0 Å². The standard InChI is InChI=1S/C13H28NO3P/c1-3-4-8-12-16-18(2,15)17-13-11-14-9-6-5-7-10-14/h3-13H2,1-2H3/p+1/t18-/m0/s1. The molecule has 18 heavy (non-hydrogen) atoms. The van der Waals surface area contributed by atoms with Crippen molar-refractivity contribution < 1.29 is 18.5 Å². The van der Waals surface area contributed by atoms with Gasteiger partial charge in [-0.1, -0.05) is 19.8 Å². The van der Waals surface area contributed by atoms with Crippen molar-refractivity contribution in [1.29, 1.82) is 0 Å². The maximum atomic E-state index is 12.0. The number of nitrogens with one attached hydrogen (secondary N) is 1. The highest BCUT2D eigenvalue weighted by Crippen LogP contribution is 2.43. The van der Waals surface area contributed by atoms with Crippen molar-refractivity contribution in [3.8, 4) is 0 Å². The van der Waals surface area contributed by atoms with Crippen LogP contribution in [0.1, 0.15) is 45.4 Å². The van der Waals surface area contributed by atoms with E-state index in [1.165, 1.54) is 32.4 Å². The second-order valence-corrected chi connectivity index (χ2v) is 7.26. The first-order valence-corrected chi connectivity index (χ1v) is 9.33. The Hall–Kier alpha value is 0.110. The topological polar surface area (TPSA) is 40.0 Å². The van der Waals surface area contributed by atoms with Crippen molar-refractivity contribution >= 4 is 7.60 Å². The van der Waals surface area contributed by atoms with Gasteiger partial charge in [0.25, 0.3) is 0 Å². The van der Waals surface area contributed by atoms with Gasteiger partial charge in [-0.15, -0.1) is 0 Å². The molecule has 0 amide bonds. The minimum absolute atomic E-state index is 0.552. The Balaban J connectivity index is 2.06. The first-order valence-electron chi connectivity index (χ1n) is 7.34. The molecular formula is C13H29NO3P+. The Morgan fingerprint density at radius 2 is 1.72 bits per heavy atom. The number of hydrogen-bond donors (Lipinski definition) is 1. The van der Waals surface area contributed by atoms with Gasteiger partial charge in [0.2, 0.25) is 0 Å². The molecule has 1 N–H and O–H groups in total. The molecule has 1 aliphatic rings. The lowest BCUT2D eigenvalue weighted by Gasteiger charge is -2.24. The molecule has 5 heteroatoms. The Kier molecular flexibility index (Phi) is 8.16. The molecular weight excluding hydrogens is 249 g/mol. The van der Waals surface area contributed by atoms with Crippen molar-refractivity contribution in [2.45, 2.75) is 45.4 Å². The van der Waals surface area contributed by atoms with Crippen LogP contribution in [0.15, 0.2) is 0 Å². The fraction of sp³-hybridized carbons (Fsp3) is 1.00. The zero-order chi connectivity index (χ0) is 13.3. The third-order valence-corrected chi connectivity index (χ3v) is 4.72. The van der Waals surface area contributed by atoms with Crippen LogP contribution < -0.4 is 4.90 Å². The zero-order valence-electron chi connectivity index (χ0n) is 12.0. The van der Waals surface area contributed by atoms with Crippen molar-refractivity contribution in [2.75, 3.05) is 39.5 Å². The minimum atomic E-state index is -2.81. The van der Waals surface area contributed by atoms with Crippen LogP contribution in [0.3, 0.4) is 0 Å². The van der Waals surface area contributed by atoms with Crippen molar-refractivity contribution in [2.24, 2.45) is 0 Å². The smallest absolute Gasteiger partial charge is 0.327 e. The molecule has 108 valence electrons. The quantitative estimate of drug-likeness (QED) is 0.518. The van der Waals surface area contributed by atoms with Crippen molar-refractivity contribution in [1.82, 2.24) is 0 Å². The number of rotatable bonds is 9. The largest absolute Gasteiger partial charge is 0.333 e. The molecule has 1 aliphatic heterocycles. The first-order chi connectivity index (χ1) is 8.64. The second-order valence-electron chi connectivity index (χ2n) is 5.21. The maximum Gasteiger partial charge on any atom is 0.327 e. The van der Waals surface area contributed by atoms with E-state index in [1.807, 2.05) is 0 Å². The normalized spacial score (nSPS) is 20.8. The van der Waals surface area contributed by atoms with Crippen LogP contribution in [0.5, 0.6) is 0 Å². The molecule has 1 atom stereocenters. The lowest BCUT2D eigenvalue weighted by molar-refractivity contribution is -0.904. The van der Waals surface area contributed by atoms with E-state index in [0.29, 0.717) is 13.2 Å². The first kappa shape index (κ1) is 16.2. The molecule has 0 saturated carbocycles. The second kappa shape index (κ2) is 9.08. The molecule has 1 heterocycles. The van der Waals surface area contributed by atoms with Crippen LogP contribution in [0.4, 0.5) is 0 Å². The fourth-order valence-corrected chi connectivity index (χ4v) is 3.24. The maximum absolute atomic E-state index is 12.0. The molecule has 0 unspecified atom stereocenters. The molecule has 0 aromatic heterocycles. The van der Waals surface area contributed by atoms with E-state index in [1.54, 1.807) is 11.6 Å². The van der Waals surface area contributed by atoms with E-state index in [-0.39, 0.29) is 0 Å². The Morgan fingerprint density at radius 1 is 1.06 bits per heavy atom. The SMILES string of the molecule is CCCCCO[P@](C)(=O)OCC[NH+]1CCCCC1. The fourth-order valence-electron chi connectivity index (χ4n) is 2.28. The molecule has 1 saturated heterocycles. The number of unbranched alkanes of at least 4 members (excludes halogenated alkanes) is 2. The molecule has 0 aromatic carbocycles. The van der Waals surface area contributed by atoms with E-state index in [2.05, 4.69) is 6.92 Å². The Morgan fingerprint density at radius 3 is 2.39 bits per heavy atom. The predicted molar refractivity (Wildman–Crippen MR) is 74.4 cm³/mol. The summed E-state index contributed by atoms with van der Waals surface area (Å²) in [4.78, 5) is 1.58. The summed E-state index contributed by atoms with van der Waals surface area (Å²) in [5.41, 5.74) is 0. The van der Waals surface area contributed by atoms with Gasteiger partial charge in [0.05, 0.1) is 19.7 Å². The minimum Gasteiger partial charge on any atom is -0.333 e. The number of hydrogen-bond acceptors (Lipinski definition) is 3. The van der Waals surface area contributed by atoms with Crippen LogP contribution >= 0.6 is 7.60 Å². The average molecular weight is 278 g/mol. The molecule has 4 nitrogen and oxygen atoms in total.